The van der Waals surface area contributed by atoms with E-state index in [2.05, 4.69) is 20.3 Å². The summed E-state index contributed by atoms with van der Waals surface area (Å²) in [6, 6.07) is 11.2. The molecule has 4 rings (SSSR count). The van der Waals surface area contributed by atoms with E-state index >= 15 is 0 Å². The second kappa shape index (κ2) is 7.87. The molecule has 0 saturated heterocycles. The molecule has 28 heavy (non-hydrogen) atoms. The Morgan fingerprint density at radius 1 is 1.21 bits per heavy atom. The highest BCUT2D eigenvalue weighted by molar-refractivity contribution is 7.98. The number of carbonyl (C=O) groups is 1. The number of pyridine rings is 1. The summed E-state index contributed by atoms with van der Waals surface area (Å²) in [5.74, 6) is 0.345. The molecule has 8 heteroatoms. The van der Waals surface area contributed by atoms with E-state index in [1.165, 1.54) is 11.8 Å². The average molecular weight is 427 g/mol. The minimum Gasteiger partial charge on any atom is -0.320 e. The SMILES string of the molecule is CSc1nc(-c2cccs2)nc(C)c1C(=O)Nc1cc(Cl)cc2cccnc12. The van der Waals surface area contributed by atoms with Crippen molar-refractivity contribution in [3.05, 3.63) is 64.3 Å². The lowest BCUT2D eigenvalue weighted by Crippen LogP contribution is -2.17. The van der Waals surface area contributed by atoms with Gasteiger partial charge < -0.3 is 5.32 Å². The highest BCUT2D eigenvalue weighted by Crippen LogP contribution is 2.30. The van der Waals surface area contributed by atoms with Crippen molar-refractivity contribution in [3.8, 4) is 10.7 Å². The van der Waals surface area contributed by atoms with Crippen LogP contribution in [0.3, 0.4) is 0 Å². The van der Waals surface area contributed by atoms with Gasteiger partial charge >= 0.3 is 0 Å². The Balaban J connectivity index is 1.75. The first kappa shape index (κ1) is 18.9. The van der Waals surface area contributed by atoms with E-state index in [1.807, 2.05) is 48.9 Å². The molecule has 0 fully saturated rings. The van der Waals surface area contributed by atoms with Gasteiger partial charge in [0.1, 0.15) is 5.03 Å². The fourth-order valence-electron chi connectivity index (χ4n) is 2.91. The van der Waals surface area contributed by atoms with Crippen LogP contribution >= 0.6 is 34.7 Å². The van der Waals surface area contributed by atoms with Gasteiger partial charge in [0.25, 0.3) is 5.91 Å². The molecule has 5 nitrogen and oxygen atoms in total. The summed E-state index contributed by atoms with van der Waals surface area (Å²) in [6.07, 6.45) is 3.58. The number of thiophene rings is 1. The van der Waals surface area contributed by atoms with E-state index in [0.717, 1.165) is 10.3 Å². The number of carbonyl (C=O) groups excluding carboxylic acids is 1. The first-order chi connectivity index (χ1) is 13.6. The van der Waals surface area contributed by atoms with Crippen molar-refractivity contribution in [2.75, 3.05) is 11.6 Å². The fourth-order valence-corrected chi connectivity index (χ4v) is 4.41. The van der Waals surface area contributed by atoms with Crippen molar-refractivity contribution >= 4 is 57.2 Å². The maximum absolute atomic E-state index is 13.1. The summed E-state index contributed by atoms with van der Waals surface area (Å²) in [6.45, 7) is 1.82. The molecule has 3 aromatic heterocycles. The number of fused-ring (bicyclic) bond motifs is 1. The second-order valence-electron chi connectivity index (χ2n) is 5.98. The Morgan fingerprint density at radius 3 is 2.82 bits per heavy atom. The molecule has 1 amide bonds. The molecule has 0 aliphatic rings. The van der Waals surface area contributed by atoms with Crippen LogP contribution < -0.4 is 5.32 Å². The molecule has 0 aliphatic heterocycles. The number of hydrogen-bond acceptors (Lipinski definition) is 6. The van der Waals surface area contributed by atoms with Crippen LogP contribution in [0.25, 0.3) is 21.6 Å². The third-order valence-corrected chi connectivity index (χ3v) is 5.90. The van der Waals surface area contributed by atoms with Crippen LogP contribution in [0.5, 0.6) is 0 Å². The number of aryl methyl sites for hydroxylation is 1. The van der Waals surface area contributed by atoms with Crippen molar-refractivity contribution < 1.29 is 4.79 Å². The van der Waals surface area contributed by atoms with Crippen LogP contribution in [0.1, 0.15) is 16.1 Å². The van der Waals surface area contributed by atoms with Crippen LogP contribution in [0.4, 0.5) is 5.69 Å². The number of benzene rings is 1. The zero-order valence-corrected chi connectivity index (χ0v) is 17.5. The summed E-state index contributed by atoms with van der Waals surface area (Å²) in [5, 5.41) is 6.93. The molecule has 1 N–H and O–H groups in total. The first-order valence-corrected chi connectivity index (χ1v) is 10.9. The minimum absolute atomic E-state index is 0.284. The van der Waals surface area contributed by atoms with E-state index in [0.29, 0.717) is 38.3 Å². The molecule has 0 unspecified atom stereocenters. The van der Waals surface area contributed by atoms with Gasteiger partial charge in [-0.2, -0.15) is 0 Å². The number of nitrogens with zero attached hydrogens (tertiary/aromatic N) is 3. The lowest BCUT2D eigenvalue weighted by Gasteiger charge is -2.13. The van der Waals surface area contributed by atoms with Gasteiger partial charge in [-0.25, -0.2) is 9.97 Å². The number of thioether (sulfide) groups is 1. The number of amides is 1. The topological polar surface area (TPSA) is 67.8 Å². The Morgan fingerprint density at radius 2 is 2.07 bits per heavy atom. The summed E-state index contributed by atoms with van der Waals surface area (Å²) in [5.41, 5.74) is 2.32. The Hall–Kier alpha value is -2.48. The third-order valence-electron chi connectivity index (χ3n) is 4.14. The summed E-state index contributed by atoms with van der Waals surface area (Å²) < 4.78 is 0. The highest BCUT2D eigenvalue weighted by Gasteiger charge is 2.20. The van der Waals surface area contributed by atoms with Gasteiger partial charge in [-0.1, -0.05) is 23.7 Å². The van der Waals surface area contributed by atoms with Gasteiger partial charge in [0.05, 0.1) is 27.3 Å². The van der Waals surface area contributed by atoms with Crippen LogP contribution in [-0.4, -0.2) is 27.1 Å². The van der Waals surface area contributed by atoms with Crippen LogP contribution in [0, 0.1) is 6.92 Å². The lowest BCUT2D eigenvalue weighted by atomic mass is 10.1. The standard InChI is InChI=1S/C20H15ClN4OS2/c1-11-16(20(27-2)25-18(23-11)15-6-4-8-28-15)19(26)24-14-10-13(21)9-12-5-3-7-22-17(12)14/h3-10H,1-2H3,(H,24,26). The second-order valence-corrected chi connectivity index (χ2v) is 8.16. The summed E-state index contributed by atoms with van der Waals surface area (Å²) >= 11 is 9.20. The van der Waals surface area contributed by atoms with E-state index in [-0.39, 0.29) is 5.91 Å². The maximum Gasteiger partial charge on any atom is 0.260 e. The molecule has 0 spiro atoms. The fraction of sp³-hybridized carbons (Fsp3) is 0.100. The highest BCUT2D eigenvalue weighted by atomic mass is 35.5. The molecule has 0 aliphatic carbocycles. The number of aromatic nitrogens is 3. The Labute approximate surface area is 175 Å². The smallest absolute Gasteiger partial charge is 0.260 e. The average Bonchev–Trinajstić information content (AvgIpc) is 3.21. The van der Waals surface area contributed by atoms with Crippen LogP contribution in [0.2, 0.25) is 5.02 Å². The summed E-state index contributed by atoms with van der Waals surface area (Å²) in [7, 11) is 0. The van der Waals surface area contributed by atoms with E-state index in [9.17, 15) is 4.79 Å². The normalized spacial score (nSPS) is 11.0. The van der Waals surface area contributed by atoms with E-state index in [4.69, 9.17) is 11.6 Å². The minimum atomic E-state index is -0.284. The largest absolute Gasteiger partial charge is 0.320 e. The van der Waals surface area contributed by atoms with Crippen LogP contribution in [0.15, 0.2) is 53.0 Å². The Kier molecular flexibility index (Phi) is 5.30. The van der Waals surface area contributed by atoms with Gasteiger partial charge in [0.15, 0.2) is 5.82 Å². The van der Waals surface area contributed by atoms with E-state index in [1.54, 1.807) is 23.6 Å². The van der Waals surface area contributed by atoms with Crippen molar-refractivity contribution in [2.24, 2.45) is 0 Å². The van der Waals surface area contributed by atoms with Gasteiger partial charge in [-0.15, -0.1) is 23.1 Å². The number of halogens is 1. The molecule has 3 heterocycles. The van der Waals surface area contributed by atoms with Gasteiger partial charge in [-0.3, -0.25) is 9.78 Å². The van der Waals surface area contributed by atoms with Gasteiger partial charge in [0, 0.05) is 16.6 Å². The first-order valence-electron chi connectivity index (χ1n) is 8.39. The van der Waals surface area contributed by atoms with Gasteiger partial charge in [0.2, 0.25) is 0 Å². The van der Waals surface area contributed by atoms with Gasteiger partial charge in [-0.05, 0) is 42.8 Å². The molecule has 0 bridgehead atoms. The number of rotatable bonds is 4. The third kappa shape index (κ3) is 3.61. The molecule has 4 aromatic rings. The van der Waals surface area contributed by atoms with Crippen molar-refractivity contribution in [1.29, 1.82) is 0 Å². The molecule has 0 radical (unpaired) electrons. The Bertz CT molecular complexity index is 1180. The number of anilines is 1. The van der Waals surface area contributed by atoms with Crippen molar-refractivity contribution in [1.82, 2.24) is 15.0 Å². The van der Waals surface area contributed by atoms with Crippen LogP contribution in [-0.2, 0) is 0 Å². The zero-order valence-electron chi connectivity index (χ0n) is 15.1. The molecular weight excluding hydrogens is 412 g/mol. The summed E-state index contributed by atoms with van der Waals surface area (Å²) in [4.78, 5) is 27.6. The lowest BCUT2D eigenvalue weighted by molar-refractivity contribution is 0.102. The van der Waals surface area contributed by atoms with Crippen molar-refractivity contribution in [3.63, 3.8) is 0 Å². The number of hydrogen-bond donors (Lipinski definition) is 1. The number of nitrogens with one attached hydrogen (secondary N) is 1. The predicted octanol–water partition coefficient (Wildman–Crippen LogP) is 5.69. The molecule has 0 saturated carbocycles. The van der Waals surface area contributed by atoms with Crippen molar-refractivity contribution in [2.45, 2.75) is 11.9 Å². The predicted molar refractivity (Wildman–Crippen MR) is 117 cm³/mol. The van der Waals surface area contributed by atoms with E-state index < -0.39 is 0 Å². The maximum atomic E-state index is 13.1. The quantitative estimate of drug-likeness (QED) is 0.335. The molecule has 140 valence electrons. The molecule has 1 aromatic carbocycles. The monoisotopic (exact) mass is 426 g/mol. The molecule has 0 atom stereocenters. The zero-order chi connectivity index (χ0) is 19.7. The molecular formula is C20H15ClN4OS2.